The molecule has 0 saturated heterocycles. The van der Waals surface area contributed by atoms with Crippen LogP contribution in [0.3, 0.4) is 0 Å². The molecule has 1 aromatic heterocycles. The number of ether oxygens (including phenoxy) is 1. The molecule has 0 aliphatic carbocycles. The summed E-state index contributed by atoms with van der Waals surface area (Å²) in [6.45, 7) is 2.30. The number of benzene rings is 2. The fourth-order valence-corrected chi connectivity index (χ4v) is 2.23. The standard InChI is InChI=1S/C16H13BrN2O2/c1-11-6-8-12(9-7-11)16-18-15(19-21-16)10-20-14-5-3-2-4-13(14)17/h2-9H,10H2,1H3. The van der Waals surface area contributed by atoms with Crippen LogP contribution in [0.15, 0.2) is 57.5 Å². The summed E-state index contributed by atoms with van der Waals surface area (Å²) in [5.74, 6) is 1.77. The van der Waals surface area contributed by atoms with Crippen LogP contribution < -0.4 is 4.74 Å². The molecule has 3 rings (SSSR count). The number of para-hydroxylation sites is 1. The molecule has 0 N–H and O–H groups in total. The van der Waals surface area contributed by atoms with Crippen LogP contribution in [-0.2, 0) is 6.61 Å². The molecule has 0 radical (unpaired) electrons. The molecule has 5 heteroatoms. The first kappa shape index (κ1) is 13.8. The lowest BCUT2D eigenvalue weighted by atomic mass is 10.1. The van der Waals surface area contributed by atoms with Crippen molar-refractivity contribution in [2.75, 3.05) is 0 Å². The fraction of sp³-hybridized carbons (Fsp3) is 0.125. The van der Waals surface area contributed by atoms with Gasteiger partial charge in [0, 0.05) is 5.56 Å². The molecule has 0 saturated carbocycles. The summed E-state index contributed by atoms with van der Waals surface area (Å²) in [7, 11) is 0. The molecule has 106 valence electrons. The Morgan fingerprint density at radius 2 is 1.86 bits per heavy atom. The lowest BCUT2D eigenvalue weighted by Gasteiger charge is -2.04. The summed E-state index contributed by atoms with van der Waals surface area (Å²) in [6, 6.07) is 15.6. The molecule has 2 aromatic carbocycles. The van der Waals surface area contributed by atoms with E-state index in [1.807, 2.05) is 55.5 Å². The Labute approximate surface area is 130 Å². The Balaban J connectivity index is 1.71. The molecular formula is C16H13BrN2O2. The molecule has 4 nitrogen and oxygen atoms in total. The maximum Gasteiger partial charge on any atom is 0.258 e. The zero-order chi connectivity index (χ0) is 14.7. The normalized spacial score (nSPS) is 10.6. The van der Waals surface area contributed by atoms with Crippen molar-refractivity contribution in [3.63, 3.8) is 0 Å². The Morgan fingerprint density at radius 3 is 2.62 bits per heavy atom. The highest BCUT2D eigenvalue weighted by molar-refractivity contribution is 9.10. The predicted molar refractivity (Wildman–Crippen MR) is 82.9 cm³/mol. The monoisotopic (exact) mass is 344 g/mol. The average Bonchev–Trinajstić information content (AvgIpc) is 2.96. The third-order valence-electron chi connectivity index (χ3n) is 2.96. The van der Waals surface area contributed by atoms with E-state index in [9.17, 15) is 0 Å². The van der Waals surface area contributed by atoms with Crippen molar-refractivity contribution in [2.24, 2.45) is 0 Å². The van der Waals surface area contributed by atoms with Crippen LogP contribution in [-0.4, -0.2) is 10.1 Å². The van der Waals surface area contributed by atoms with Crippen molar-refractivity contribution >= 4 is 15.9 Å². The van der Waals surface area contributed by atoms with Crippen molar-refractivity contribution in [1.29, 1.82) is 0 Å². The molecule has 0 aliphatic heterocycles. The van der Waals surface area contributed by atoms with E-state index >= 15 is 0 Å². The number of hydrogen-bond donors (Lipinski definition) is 0. The van der Waals surface area contributed by atoms with Crippen LogP contribution in [0, 0.1) is 6.92 Å². The van der Waals surface area contributed by atoms with E-state index in [1.165, 1.54) is 5.56 Å². The van der Waals surface area contributed by atoms with Crippen molar-refractivity contribution in [2.45, 2.75) is 13.5 Å². The zero-order valence-corrected chi connectivity index (χ0v) is 13.0. The molecule has 3 aromatic rings. The van der Waals surface area contributed by atoms with Gasteiger partial charge in [0.2, 0.25) is 5.82 Å². The third-order valence-corrected chi connectivity index (χ3v) is 3.62. The second-order valence-corrected chi connectivity index (χ2v) is 5.46. The van der Waals surface area contributed by atoms with Gasteiger partial charge in [-0.25, -0.2) is 0 Å². The van der Waals surface area contributed by atoms with E-state index in [4.69, 9.17) is 9.26 Å². The molecule has 0 amide bonds. The smallest absolute Gasteiger partial charge is 0.258 e. The second-order valence-electron chi connectivity index (χ2n) is 4.60. The molecule has 0 unspecified atom stereocenters. The molecule has 0 atom stereocenters. The summed E-state index contributed by atoms with van der Waals surface area (Å²) < 4.78 is 11.8. The number of hydrogen-bond acceptors (Lipinski definition) is 4. The van der Waals surface area contributed by atoms with Crippen LogP contribution in [0.5, 0.6) is 5.75 Å². The van der Waals surface area contributed by atoms with E-state index < -0.39 is 0 Å². The summed E-state index contributed by atoms with van der Waals surface area (Å²) in [4.78, 5) is 4.34. The van der Waals surface area contributed by atoms with Crippen molar-refractivity contribution in [1.82, 2.24) is 10.1 Å². The second kappa shape index (κ2) is 6.10. The molecule has 0 fully saturated rings. The summed E-state index contributed by atoms with van der Waals surface area (Å²) >= 11 is 3.43. The maximum atomic E-state index is 5.66. The van der Waals surface area contributed by atoms with Crippen LogP contribution in [0.4, 0.5) is 0 Å². The number of nitrogens with zero attached hydrogens (tertiary/aromatic N) is 2. The SMILES string of the molecule is Cc1ccc(-c2nc(COc3ccccc3Br)no2)cc1. The van der Waals surface area contributed by atoms with Gasteiger partial charge in [-0.1, -0.05) is 35.0 Å². The van der Waals surface area contributed by atoms with Gasteiger partial charge in [-0.2, -0.15) is 4.98 Å². The van der Waals surface area contributed by atoms with Crippen LogP contribution in [0.25, 0.3) is 11.5 Å². The van der Waals surface area contributed by atoms with Crippen molar-refractivity contribution in [3.8, 4) is 17.2 Å². The van der Waals surface area contributed by atoms with E-state index in [0.717, 1.165) is 15.8 Å². The Bertz CT molecular complexity index is 738. The van der Waals surface area contributed by atoms with Gasteiger partial charge in [0.15, 0.2) is 6.61 Å². The summed E-state index contributed by atoms with van der Waals surface area (Å²) in [6.07, 6.45) is 0. The lowest BCUT2D eigenvalue weighted by Crippen LogP contribution is -1.97. The van der Waals surface area contributed by atoms with Gasteiger partial charge in [-0.05, 0) is 47.1 Å². The number of rotatable bonds is 4. The minimum atomic E-state index is 0.262. The van der Waals surface area contributed by atoms with E-state index in [2.05, 4.69) is 26.1 Å². The van der Waals surface area contributed by atoms with Gasteiger partial charge >= 0.3 is 0 Å². The zero-order valence-electron chi connectivity index (χ0n) is 11.4. The van der Waals surface area contributed by atoms with Gasteiger partial charge in [0.25, 0.3) is 5.89 Å². The molecule has 0 bridgehead atoms. The Morgan fingerprint density at radius 1 is 1.10 bits per heavy atom. The Kier molecular flexibility index (Phi) is 4.01. The van der Waals surface area contributed by atoms with Gasteiger partial charge < -0.3 is 9.26 Å². The molecule has 0 spiro atoms. The van der Waals surface area contributed by atoms with Crippen molar-refractivity contribution in [3.05, 3.63) is 64.4 Å². The summed E-state index contributed by atoms with van der Waals surface area (Å²) in [5, 5.41) is 3.93. The molecule has 21 heavy (non-hydrogen) atoms. The topological polar surface area (TPSA) is 48.2 Å². The number of aryl methyl sites for hydroxylation is 1. The van der Waals surface area contributed by atoms with Crippen LogP contribution in [0.1, 0.15) is 11.4 Å². The van der Waals surface area contributed by atoms with Crippen LogP contribution in [0.2, 0.25) is 0 Å². The van der Waals surface area contributed by atoms with E-state index in [0.29, 0.717) is 11.7 Å². The quantitative estimate of drug-likeness (QED) is 0.704. The first-order chi connectivity index (χ1) is 10.2. The highest BCUT2D eigenvalue weighted by atomic mass is 79.9. The minimum Gasteiger partial charge on any atom is -0.484 e. The molecule has 1 heterocycles. The first-order valence-corrected chi connectivity index (χ1v) is 7.28. The van der Waals surface area contributed by atoms with Crippen LogP contribution >= 0.6 is 15.9 Å². The predicted octanol–water partition coefficient (Wildman–Crippen LogP) is 4.39. The highest BCUT2D eigenvalue weighted by Crippen LogP contribution is 2.24. The first-order valence-electron chi connectivity index (χ1n) is 6.49. The largest absolute Gasteiger partial charge is 0.484 e. The number of aromatic nitrogens is 2. The van der Waals surface area contributed by atoms with Gasteiger partial charge in [0.05, 0.1) is 4.47 Å². The molecule has 0 aliphatic rings. The molecular weight excluding hydrogens is 332 g/mol. The Hall–Kier alpha value is -2.14. The van der Waals surface area contributed by atoms with E-state index in [-0.39, 0.29) is 6.61 Å². The minimum absolute atomic E-state index is 0.262. The highest BCUT2D eigenvalue weighted by Gasteiger charge is 2.09. The number of halogens is 1. The third kappa shape index (κ3) is 3.31. The maximum absolute atomic E-state index is 5.66. The van der Waals surface area contributed by atoms with Crippen molar-refractivity contribution < 1.29 is 9.26 Å². The van der Waals surface area contributed by atoms with Gasteiger partial charge in [-0.15, -0.1) is 0 Å². The fourth-order valence-electron chi connectivity index (χ4n) is 1.83. The average molecular weight is 345 g/mol. The summed E-state index contributed by atoms with van der Waals surface area (Å²) in [5.41, 5.74) is 2.09. The van der Waals surface area contributed by atoms with Gasteiger partial charge in [0.1, 0.15) is 5.75 Å². The van der Waals surface area contributed by atoms with E-state index in [1.54, 1.807) is 0 Å². The lowest BCUT2D eigenvalue weighted by molar-refractivity contribution is 0.285. The van der Waals surface area contributed by atoms with Gasteiger partial charge in [-0.3, -0.25) is 0 Å².